The Balaban J connectivity index is 1.11. The van der Waals surface area contributed by atoms with Crippen LogP contribution in [0.15, 0.2) is 176 Å². The summed E-state index contributed by atoms with van der Waals surface area (Å²) in [4.78, 5) is 5.20. The van der Waals surface area contributed by atoms with Gasteiger partial charge in [-0.05, 0) is 133 Å². The predicted molar refractivity (Wildman–Crippen MR) is 234 cm³/mol. The van der Waals surface area contributed by atoms with Crippen molar-refractivity contribution in [2.45, 2.75) is 25.7 Å². The van der Waals surface area contributed by atoms with Crippen molar-refractivity contribution in [3.63, 3.8) is 0 Å². The molecule has 0 aliphatic heterocycles. The molecule has 0 unspecified atom stereocenters. The minimum atomic E-state index is 1.02. The predicted octanol–water partition coefficient (Wildman–Crippen LogP) is 14.3. The Hall–Kier alpha value is -6.77. The zero-order valence-corrected chi connectivity index (χ0v) is 30.5. The summed E-state index contributed by atoms with van der Waals surface area (Å²) in [6.07, 6.45) is 15.3. The number of nitrogens with zero attached hydrogens (tertiary/aromatic N) is 2. The maximum atomic E-state index is 5.20. The molecule has 1 heterocycles. The standard InChI is InChI=1S/C53H38N2/c1-2-16-44(17-3-1)55-50-21-11-10-20-49(50)54-53(55)38-26-22-37(23-27-38)41-30-31-47-48(34-41)52(43-29-25-36-13-5-7-15-40(36)33-43)46-19-9-8-18-45(46)51(47)42-28-24-35-12-4-6-14-39(35)32-42/h1-2,4-10,12-16,18-20,22-34H,3,11,17,21H2. The molecule has 0 spiro atoms. The molecule has 0 radical (unpaired) electrons. The van der Waals surface area contributed by atoms with Crippen LogP contribution in [0.1, 0.15) is 30.7 Å². The van der Waals surface area contributed by atoms with Gasteiger partial charge in [0, 0.05) is 11.3 Å². The van der Waals surface area contributed by atoms with Gasteiger partial charge in [0.25, 0.3) is 0 Å². The Morgan fingerprint density at radius 3 is 1.67 bits per heavy atom. The van der Waals surface area contributed by atoms with Crippen LogP contribution >= 0.6 is 0 Å². The second-order valence-corrected chi connectivity index (χ2v) is 14.9. The summed E-state index contributed by atoms with van der Waals surface area (Å²) in [7, 11) is 0. The van der Waals surface area contributed by atoms with Gasteiger partial charge in [0.2, 0.25) is 0 Å². The molecular formula is C53H38N2. The average molecular weight is 703 g/mol. The van der Waals surface area contributed by atoms with E-state index in [9.17, 15) is 0 Å². The van der Waals surface area contributed by atoms with Gasteiger partial charge in [0.05, 0.1) is 11.4 Å². The molecule has 11 rings (SSSR count). The molecule has 2 nitrogen and oxygen atoms in total. The van der Waals surface area contributed by atoms with E-state index in [0.29, 0.717) is 0 Å². The third kappa shape index (κ3) is 5.36. The minimum absolute atomic E-state index is 1.02. The first-order valence-corrected chi connectivity index (χ1v) is 19.5. The van der Waals surface area contributed by atoms with Crippen LogP contribution < -0.4 is 0 Å². The molecular weight excluding hydrogens is 665 g/mol. The maximum absolute atomic E-state index is 5.20. The van der Waals surface area contributed by atoms with Crippen molar-refractivity contribution in [2.24, 2.45) is 0 Å². The molecule has 2 aliphatic carbocycles. The first kappa shape index (κ1) is 31.7. The number of imidazole rings is 1. The Morgan fingerprint density at radius 2 is 1.00 bits per heavy atom. The third-order valence-corrected chi connectivity index (χ3v) is 11.7. The van der Waals surface area contributed by atoms with Gasteiger partial charge in [-0.15, -0.1) is 0 Å². The van der Waals surface area contributed by atoms with Crippen molar-refractivity contribution in [3.8, 4) is 44.8 Å². The van der Waals surface area contributed by atoms with Gasteiger partial charge in [-0.3, -0.25) is 4.57 Å². The van der Waals surface area contributed by atoms with Crippen LogP contribution in [0.4, 0.5) is 0 Å². The summed E-state index contributed by atoms with van der Waals surface area (Å²) in [5, 5.41) is 10.0. The lowest BCUT2D eigenvalue weighted by molar-refractivity contribution is 0.853. The summed E-state index contributed by atoms with van der Waals surface area (Å²) in [5.41, 5.74) is 12.3. The van der Waals surface area contributed by atoms with Gasteiger partial charge in [-0.2, -0.15) is 0 Å². The highest BCUT2D eigenvalue weighted by molar-refractivity contribution is 6.22. The summed E-state index contributed by atoms with van der Waals surface area (Å²) in [6, 6.07) is 56.3. The van der Waals surface area contributed by atoms with Crippen molar-refractivity contribution in [2.75, 3.05) is 0 Å². The number of benzene rings is 8. The molecule has 55 heavy (non-hydrogen) atoms. The Bertz CT molecular complexity index is 3080. The fraction of sp³-hybridized carbons (Fsp3) is 0.0755. The number of fused-ring (bicyclic) bond motifs is 5. The lowest BCUT2D eigenvalue weighted by Gasteiger charge is -2.19. The van der Waals surface area contributed by atoms with E-state index in [1.165, 1.54) is 87.9 Å². The van der Waals surface area contributed by atoms with Crippen LogP contribution in [0.3, 0.4) is 0 Å². The van der Waals surface area contributed by atoms with Crippen molar-refractivity contribution in [1.82, 2.24) is 9.55 Å². The molecule has 0 amide bonds. The summed E-state index contributed by atoms with van der Waals surface area (Å²) in [6.45, 7) is 0. The number of rotatable bonds is 5. The molecule has 0 saturated carbocycles. The van der Waals surface area contributed by atoms with E-state index in [0.717, 1.165) is 42.8 Å². The molecule has 8 aromatic carbocycles. The van der Waals surface area contributed by atoms with Gasteiger partial charge < -0.3 is 0 Å². The Kier molecular flexibility index (Phi) is 7.48. The molecule has 1 aromatic heterocycles. The fourth-order valence-corrected chi connectivity index (χ4v) is 9.02. The SMILES string of the molecule is C1=CCCC(n2c(-c3ccc(-c4ccc5c(-c6ccc7ccccc7c6)c6ccccc6c(-c6ccc7ccccc7c6)c5c4)cc3)nc3c2CCC=C3)=C1. The zero-order valence-electron chi connectivity index (χ0n) is 30.5. The Labute approximate surface area is 321 Å². The van der Waals surface area contributed by atoms with E-state index in [1.54, 1.807) is 0 Å². The van der Waals surface area contributed by atoms with Gasteiger partial charge in [-0.25, -0.2) is 4.98 Å². The second-order valence-electron chi connectivity index (χ2n) is 14.9. The highest BCUT2D eigenvalue weighted by Crippen LogP contribution is 2.46. The highest BCUT2D eigenvalue weighted by Gasteiger charge is 2.22. The molecule has 9 aromatic rings. The molecule has 0 saturated heterocycles. The normalized spacial score (nSPS) is 13.9. The lowest BCUT2D eigenvalue weighted by Crippen LogP contribution is -2.07. The molecule has 2 aliphatic rings. The van der Waals surface area contributed by atoms with E-state index >= 15 is 0 Å². The largest absolute Gasteiger partial charge is 0.300 e. The van der Waals surface area contributed by atoms with Crippen molar-refractivity contribution >= 4 is 54.9 Å². The van der Waals surface area contributed by atoms with Crippen LogP contribution in [0, 0.1) is 0 Å². The summed E-state index contributed by atoms with van der Waals surface area (Å²) in [5.74, 6) is 1.04. The van der Waals surface area contributed by atoms with Crippen molar-refractivity contribution in [1.29, 1.82) is 0 Å². The number of hydrogen-bond donors (Lipinski definition) is 0. The van der Waals surface area contributed by atoms with Crippen molar-refractivity contribution in [3.05, 3.63) is 187 Å². The molecule has 0 atom stereocenters. The van der Waals surface area contributed by atoms with Crippen LogP contribution in [0.2, 0.25) is 0 Å². The van der Waals surface area contributed by atoms with E-state index in [2.05, 4.69) is 187 Å². The van der Waals surface area contributed by atoms with Crippen LogP contribution in [0.25, 0.3) is 99.6 Å². The van der Waals surface area contributed by atoms with Gasteiger partial charge in [0.15, 0.2) is 0 Å². The van der Waals surface area contributed by atoms with Crippen molar-refractivity contribution < 1.29 is 0 Å². The topological polar surface area (TPSA) is 17.8 Å². The zero-order chi connectivity index (χ0) is 36.3. The Morgan fingerprint density at radius 1 is 0.436 bits per heavy atom. The first-order chi connectivity index (χ1) is 27.3. The number of aromatic nitrogens is 2. The first-order valence-electron chi connectivity index (χ1n) is 19.5. The molecule has 2 heteroatoms. The minimum Gasteiger partial charge on any atom is -0.300 e. The molecule has 0 N–H and O–H groups in total. The smallest absolute Gasteiger partial charge is 0.145 e. The second kappa shape index (κ2) is 13.0. The van der Waals surface area contributed by atoms with Crippen LogP contribution in [-0.4, -0.2) is 9.55 Å². The number of hydrogen-bond acceptors (Lipinski definition) is 1. The summed E-state index contributed by atoms with van der Waals surface area (Å²) >= 11 is 0. The molecule has 0 fully saturated rings. The quantitative estimate of drug-likeness (QED) is 0.163. The average Bonchev–Trinajstić information content (AvgIpc) is 3.65. The van der Waals surface area contributed by atoms with Gasteiger partial charge in [0.1, 0.15) is 5.82 Å². The van der Waals surface area contributed by atoms with Gasteiger partial charge >= 0.3 is 0 Å². The fourth-order valence-electron chi connectivity index (χ4n) is 9.02. The third-order valence-electron chi connectivity index (χ3n) is 11.7. The highest BCUT2D eigenvalue weighted by atomic mass is 15.1. The van der Waals surface area contributed by atoms with E-state index in [4.69, 9.17) is 4.98 Å². The number of allylic oxidation sites excluding steroid dienone is 5. The van der Waals surface area contributed by atoms with E-state index in [-0.39, 0.29) is 0 Å². The lowest BCUT2D eigenvalue weighted by atomic mass is 9.84. The molecule has 0 bridgehead atoms. The monoisotopic (exact) mass is 702 g/mol. The maximum Gasteiger partial charge on any atom is 0.145 e. The van der Waals surface area contributed by atoms with E-state index < -0.39 is 0 Å². The van der Waals surface area contributed by atoms with E-state index in [1.807, 2.05) is 0 Å². The van der Waals surface area contributed by atoms with Crippen LogP contribution in [0.5, 0.6) is 0 Å². The van der Waals surface area contributed by atoms with Gasteiger partial charge in [-0.1, -0.05) is 152 Å². The molecule has 260 valence electrons. The van der Waals surface area contributed by atoms with Crippen LogP contribution in [-0.2, 0) is 6.42 Å². The summed E-state index contributed by atoms with van der Waals surface area (Å²) < 4.78 is 2.43.